The summed E-state index contributed by atoms with van der Waals surface area (Å²) in [7, 11) is 1.60. The molecule has 1 atom stereocenters. The maximum absolute atomic E-state index is 12.8. The van der Waals surface area contributed by atoms with Gasteiger partial charge in [0.15, 0.2) is 17.3 Å². The topological polar surface area (TPSA) is 65.1 Å². The molecule has 1 unspecified atom stereocenters. The van der Waals surface area contributed by atoms with Crippen LogP contribution in [0.1, 0.15) is 23.2 Å². The normalized spacial score (nSPS) is 19.2. The molecule has 0 radical (unpaired) electrons. The van der Waals surface area contributed by atoms with E-state index in [-0.39, 0.29) is 24.2 Å². The lowest BCUT2D eigenvalue weighted by molar-refractivity contribution is -0.142. The number of hydrogen-bond donors (Lipinski definition) is 0. The number of amides is 1. The maximum Gasteiger partial charge on any atom is 0.267 e. The molecule has 0 saturated carbocycles. The first-order valence-electron chi connectivity index (χ1n) is 9.51. The van der Waals surface area contributed by atoms with Crippen LogP contribution in [0.3, 0.4) is 0 Å². The lowest BCUT2D eigenvalue weighted by Gasteiger charge is -2.35. The van der Waals surface area contributed by atoms with Crippen molar-refractivity contribution in [2.45, 2.75) is 18.9 Å². The van der Waals surface area contributed by atoms with Gasteiger partial charge in [-0.3, -0.25) is 9.59 Å². The number of piperidine rings is 1. The number of fused-ring (bicyclic) bond motifs is 1. The highest BCUT2D eigenvalue weighted by Gasteiger charge is 2.34. The van der Waals surface area contributed by atoms with Crippen molar-refractivity contribution >= 4 is 11.7 Å². The van der Waals surface area contributed by atoms with Gasteiger partial charge >= 0.3 is 0 Å². The molecule has 0 aliphatic carbocycles. The van der Waals surface area contributed by atoms with Gasteiger partial charge in [0.25, 0.3) is 5.91 Å². The first kappa shape index (κ1) is 18.3. The monoisotopic (exact) mass is 381 g/mol. The molecule has 1 saturated heterocycles. The lowest BCUT2D eigenvalue weighted by Crippen LogP contribution is -2.49. The number of methoxy groups -OCH3 is 1. The second-order valence-corrected chi connectivity index (χ2v) is 7.06. The number of benzene rings is 2. The standard InChI is InChI=1S/C22H23NO5/c1-26-17-8-6-15(7-9-17)21(24)16-10-12-23(13-11-16)22(25)20-14-27-18-4-2-3-5-19(18)28-20/h2-9,16,20H,10-14H2,1H3. The van der Waals surface area contributed by atoms with Gasteiger partial charge in [0.05, 0.1) is 7.11 Å². The number of rotatable bonds is 4. The van der Waals surface area contributed by atoms with Crippen LogP contribution in [0.2, 0.25) is 0 Å². The SMILES string of the molecule is COc1ccc(C(=O)C2CCN(C(=O)C3COc4ccccc4O3)CC2)cc1. The fourth-order valence-corrected chi connectivity index (χ4v) is 3.70. The summed E-state index contributed by atoms with van der Waals surface area (Å²) in [5.74, 6) is 1.97. The smallest absolute Gasteiger partial charge is 0.267 e. The Morgan fingerprint density at radius 1 is 1.00 bits per heavy atom. The lowest BCUT2D eigenvalue weighted by atomic mass is 9.88. The summed E-state index contributed by atoms with van der Waals surface area (Å²) in [6, 6.07) is 14.5. The molecule has 1 fully saturated rings. The Morgan fingerprint density at radius 2 is 1.68 bits per heavy atom. The Labute approximate surface area is 164 Å². The Bertz CT molecular complexity index is 855. The minimum absolute atomic E-state index is 0.0679. The van der Waals surface area contributed by atoms with Crippen LogP contribution < -0.4 is 14.2 Å². The van der Waals surface area contributed by atoms with Crippen LogP contribution in [0, 0.1) is 5.92 Å². The molecular weight excluding hydrogens is 358 g/mol. The van der Waals surface area contributed by atoms with Crippen LogP contribution in [0.4, 0.5) is 0 Å². The summed E-state index contributed by atoms with van der Waals surface area (Å²) in [5, 5.41) is 0. The van der Waals surface area contributed by atoms with Gasteiger partial charge in [0, 0.05) is 24.6 Å². The fourth-order valence-electron chi connectivity index (χ4n) is 3.70. The first-order valence-corrected chi connectivity index (χ1v) is 9.51. The van der Waals surface area contributed by atoms with E-state index in [1.807, 2.05) is 18.2 Å². The third-order valence-corrected chi connectivity index (χ3v) is 5.34. The summed E-state index contributed by atoms with van der Waals surface area (Å²) < 4.78 is 16.6. The molecule has 28 heavy (non-hydrogen) atoms. The van der Waals surface area contributed by atoms with E-state index in [0.717, 1.165) is 5.75 Å². The van der Waals surface area contributed by atoms with Crippen molar-refractivity contribution in [3.05, 3.63) is 54.1 Å². The molecule has 1 amide bonds. The molecule has 6 heteroatoms. The van der Waals surface area contributed by atoms with Gasteiger partial charge in [-0.2, -0.15) is 0 Å². The summed E-state index contributed by atoms with van der Waals surface area (Å²) in [6.07, 6.45) is 0.672. The average Bonchev–Trinajstić information content (AvgIpc) is 2.78. The van der Waals surface area contributed by atoms with Crippen LogP contribution in [0.25, 0.3) is 0 Å². The summed E-state index contributed by atoms with van der Waals surface area (Å²) >= 11 is 0. The Balaban J connectivity index is 1.33. The van der Waals surface area contributed by atoms with Gasteiger partial charge in [0.1, 0.15) is 12.4 Å². The van der Waals surface area contributed by atoms with Crippen molar-refractivity contribution in [1.29, 1.82) is 0 Å². The maximum atomic E-state index is 12.8. The molecule has 146 valence electrons. The van der Waals surface area contributed by atoms with Crippen LogP contribution in [-0.2, 0) is 4.79 Å². The fraction of sp³-hybridized carbons (Fsp3) is 0.364. The van der Waals surface area contributed by atoms with Gasteiger partial charge in [-0.15, -0.1) is 0 Å². The highest BCUT2D eigenvalue weighted by molar-refractivity contribution is 5.98. The number of hydrogen-bond acceptors (Lipinski definition) is 5. The van der Waals surface area contributed by atoms with Crippen molar-refractivity contribution in [3.8, 4) is 17.2 Å². The Hall–Kier alpha value is -3.02. The number of likely N-dealkylation sites (tertiary alicyclic amines) is 1. The molecular formula is C22H23NO5. The van der Waals surface area contributed by atoms with E-state index in [2.05, 4.69) is 0 Å². The van der Waals surface area contributed by atoms with Crippen molar-refractivity contribution in [2.75, 3.05) is 26.8 Å². The van der Waals surface area contributed by atoms with E-state index < -0.39 is 6.10 Å². The summed E-state index contributed by atoms with van der Waals surface area (Å²) in [5.41, 5.74) is 0.686. The van der Waals surface area contributed by atoms with Crippen LogP contribution in [-0.4, -0.2) is 49.5 Å². The predicted molar refractivity (Wildman–Crippen MR) is 103 cm³/mol. The molecule has 2 aromatic carbocycles. The number of Topliss-reactive ketones (excluding diaryl/α,β-unsaturated/α-hetero) is 1. The van der Waals surface area contributed by atoms with Gasteiger partial charge in [0.2, 0.25) is 6.10 Å². The zero-order valence-corrected chi connectivity index (χ0v) is 15.8. The number of carbonyl (C=O) groups is 2. The molecule has 2 heterocycles. The van der Waals surface area contributed by atoms with E-state index in [1.165, 1.54) is 0 Å². The van der Waals surface area contributed by atoms with Crippen molar-refractivity contribution in [3.63, 3.8) is 0 Å². The van der Waals surface area contributed by atoms with Crippen LogP contribution in [0.5, 0.6) is 17.2 Å². The second kappa shape index (κ2) is 7.92. The van der Waals surface area contributed by atoms with Gasteiger partial charge in [-0.25, -0.2) is 0 Å². The molecule has 0 bridgehead atoms. The van der Waals surface area contributed by atoms with Crippen LogP contribution >= 0.6 is 0 Å². The molecule has 0 N–H and O–H groups in total. The Morgan fingerprint density at radius 3 is 2.36 bits per heavy atom. The minimum atomic E-state index is -0.635. The number of nitrogens with zero attached hydrogens (tertiary/aromatic N) is 1. The Kier molecular flexibility index (Phi) is 5.19. The van der Waals surface area contributed by atoms with Gasteiger partial charge in [-0.1, -0.05) is 12.1 Å². The van der Waals surface area contributed by atoms with E-state index in [4.69, 9.17) is 14.2 Å². The van der Waals surface area contributed by atoms with Crippen molar-refractivity contribution in [2.24, 2.45) is 5.92 Å². The number of ether oxygens (including phenoxy) is 3. The third-order valence-electron chi connectivity index (χ3n) is 5.34. The zero-order valence-electron chi connectivity index (χ0n) is 15.8. The minimum Gasteiger partial charge on any atom is -0.497 e. The highest BCUT2D eigenvalue weighted by Crippen LogP contribution is 2.32. The number of para-hydroxylation sites is 2. The zero-order chi connectivity index (χ0) is 19.5. The van der Waals surface area contributed by atoms with E-state index in [0.29, 0.717) is 43.0 Å². The van der Waals surface area contributed by atoms with Gasteiger partial charge < -0.3 is 19.1 Å². The van der Waals surface area contributed by atoms with Crippen LogP contribution in [0.15, 0.2) is 48.5 Å². The molecule has 0 aromatic heterocycles. The van der Waals surface area contributed by atoms with Crippen molar-refractivity contribution in [1.82, 2.24) is 4.90 Å². The number of ketones is 1. The van der Waals surface area contributed by atoms with E-state index in [9.17, 15) is 9.59 Å². The van der Waals surface area contributed by atoms with Crippen molar-refractivity contribution < 1.29 is 23.8 Å². The molecule has 0 spiro atoms. The quantitative estimate of drug-likeness (QED) is 0.762. The third kappa shape index (κ3) is 3.67. The molecule has 6 nitrogen and oxygen atoms in total. The second-order valence-electron chi connectivity index (χ2n) is 7.06. The van der Waals surface area contributed by atoms with Gasteiger partial charge in [-0.05, 0) is 49.2 Å². The molecule has 2 aliphatic heterocycles. The molecule has 4 rings (SSSR count). The highest BCUT2D eigenvalue weighted by atomic mass is 16.6. The largest absolute Gasteiger partial charge is 0.497 e. The van der Waals surface area contributed by atoms with E-state index in [1.54, 1.807) is 42.3 Å². The molecule has 2 aliphatic rings. The average molecular weight is 381 g/mol. The summed E-state index contributed by atoms with van der Waals surface area (Å²) in [6.45, 7) is 1.31. The first-order chi connectivity index (χ1) is 13.7. The summed E-state index contributed by atoms with van der Waals surface area (Å²) in [4.78, 5) is 27.3. The predicted octanol–water partition coefficient (Wildman–Crippen LogP) is 2.96. The number of carbonyl (C=O) groups excluding carboxylic acids is 2. The molecule has 2 aromatic rings. The van der Waals surface area contributed by atoms with E-state index >= 15 is 0 Å².